The van der Waals surface area contributed by atoms with Crippen LogP contribution < -0.4 is 0 Å². The molecular formula is C45H49N3O6. The van der Waals surface area contributed by atoms with Crippen LogP contribution in [-0.2, 0) is 20.8 Å². The van der Waals surface area contributed by atoms with Crippen molar-refractivity contribution in [2.75, 3.05) is 0 Å². The third-order valence-electron chi connectivity index (χ3n) is 9.60. The molecule has 0 spiro atoms. The summed E-state index contributed by atoms with van der Waals surface area (Å²) in [6, 6.07) is 21.3. The van der Waals surface area contributed by atoms with Crippen molar-refractivity contribution in [3.05, 3.63) is 125 Å². The standard InChI is InChI=1S/C16H17NO2.C15H17NO2.C14H15NO2/c1-10(2)17-9-12-7-6-11(8-15(18)19)13-4-3-5-14(17)16(12)13;1-10(2)16-9-11(3)15-12(7-8-14(17)18)5-4-6-13(15)16;1-10(2)15-9-8-12-11(6-7-14(16)17)4-3-5-13(12)15/h3-5,8-10H,6-7H2,1-2H3,(H,18,19);4-10H,1-3H3,(H,17,18);3-10H,1-2H3,(H,16,17)/b11-8+;8-7+;7-6+. The summed E-state index contributed by atoms with van der Waals surface area (Å²) >= 11 is 0. The SMILES string of the molecule is CC(C)n1cc2c3c(cccc31)/C(=C/C(=O)O)CC2.CC(C)n1ccc2c(/C=C/C(=O)O)cccc21.Cc1cn(C(C)C)c2cccc(/C=C/C(=O)O)c12. The van der Waals surface area contributed by atoms with E-state index in [9.17, 15) is 14.4 Å². The van der Waals surface area contributed by atoms with E-state index >= 15 is 0 Å². The van der Waals surface area contributed by atoms with E-state index in [-0.39, 0.29) is 0 Å². The quantitative estimate of drug-likeness (QED) is 0.134. The molecule has 0 atom stereocenters. The minimum Gasteiger partial charge on any atom is -0.478 e. The molecule has 6 aromatic rings. The van der Waals surface area contributed by atoms with Gasteiger partial charge in [-0.1, -0.05) is 36.4 Å². The summed E-state index contributed by atoms with van der Waals surface area (Å²) < 4.78 is 6.66. The number of allylic oxidation sites excluding steroid dienone is 1. The van der Waals surface area contributed by atoms with Crippen molar-refractivity contribution in [2.24, 2.45) is 0 Å². The minimum atomic E-state index is -0.926. The first kappa shape index (κ1) is 39.1. The number of hydrogen-bond donors (Lipinski definition) is 3. The second-order valence-electron chi connectivity index (χ2n) is 14.4. The molecule has 0 amide bonds. The molecule has 9 heteroatoms. The van der Waals surface area contributed by atoms with Crippen molar-refractivity contribution in [1.82, 2.24) is 13.7 Å². The van der Waals surface area contributed by atoms with Crippen LogP contribution in [0.1, 0.15) is 93.9 Å². The largest absolute Gasteiger partial charge is 0.478 e. The Kier molecular flexibility index (Phi) is 12.1. The van der Waals surface area contributed by atoms with Crippen molar-refractivity contribution in [3.63, 3.8) is 0 Å². The fourth-order valence-corrected chi connectivity index (χ4v) is 7.22. The topological polar surface area (TPSA) is 127 Å². The molecule has 0 bridgehead atoms. The third-order valence-corrected chi connectivity index (χ3v) is 9.60. The average molecular weight is 728 g/mol. The van der Waals surface area contributed by atoms with Gasteiger partial charge in [-0.3, -0.25) is 0 Å². The molecule has 0 radical (unpaired) electrons. The summed E-state index contributed by atoms with van der Waals surface area (Å²) in [7, 11) is 0. The Morgan fingerprint density at radius 2 is 1.15 bits per heavy atom. The predicted octanol–water partition coefficient (Wildman–Crippen LogP) is 10.6. The van der Waals surface area contributed by atoms with Crippen LogP contribution in [0.15, 0.2) is 97.5 Å². The summed E-state index contributed by atoms with van der Waals surface area (Å²) in [4.78, 5) is 32.1. The second-order valence-corrected chi connectivity index (χ2v) is 14.4. The molecule has 3 N–H and O–H groups in total. The van der Waals surface area contributed by atoms with Gasteiger partial charge < -0.3 is 29.0 Å². The lowest BCUT2D eigenvalue weighted by molar-refractivity contribution is -0.132. The smallest absolute Gasteiger partial charge is 0.328 e. The number of carbonyl (C=O) groups is 3. The maximum absolute atomic E-state index is 10.9. The van der Waals surface area contributed by atoms with Gasteiger partial charge in [-0.05, 0) is 131 Å². The molecule has 3 aromatic carbocycles. The highest BCUT2D eigenvalue weighted by Crippen LogP contribution is 2.38. The number of carboxylic acid groups (broad SMARTS) is 3. The number of hydrogen-bond acceptors (Lipinski definition) is 3. The van der Waals surface area contributed by atoms with Gasteiger partial charge in [0.2, 0.25) is 0 Å². The summed E-state index contributed by atoms with van der Waals surface area (Å²) in [5, 5.41) is 29.8. The Balaban J connectivity index is 0.000000156. The molecule has 3 heterocycles. The van der Waals surface area contributed by atoms with Crippen LogP contribution in [0.25, 0.3) is 50.4 Å². The fourth-order valence-electron chi connectivity index (χ4n) is 7.22. The normalized spacial score (nSPS) is 13.4. The zero-order valence-electron chi connectivity index (χ0n) is 31.9. The number of nitrogens with zero attached hydrogens (tertiary/aromatic N) is 3. The molecular weight excluding hydrogens is 679 g/mol. The average Bonchev–Trinajstić information content (AvgIpc) is 3.83. The summed E-state index contributed by atoms with van der Waals surface area (Å²) in [5.41, 5.74) is 9.90. The molecule has 1 aliphatic carbocycles. The number of aryl methyl sites for hydroxylation is 2. The minimum absolute atomic E-state index is 0.389. The highest BCUT2D eigenvalue weighted by atomic mass is 16.4. The van der Waals surface area contributed by atoms with Crippen LogP contribution in [0, 0.1) is 6.92 Å². The Labute approximate surface area is 315 Å². The predicted molar refractivity (Wildman–Crippen MR) is 219 cm³/mol. The van der Waals surface area contributed by atoms with Crippen LogP contribution in [-0.4, -0.2) is 46.9 Å². The summed E-state index contributed by atoms with van der Waals surface area (Å²) in [5.74, 6) is -2.71. The van der Waals surface area contributed by atoms with E-state index in [0.29, 0.717) is 18.1 Å². The molecule has 0 aliphatic heterocycles. The van der Waals surface area contributed by atoms with Crippen molar-refractivity contribution in [1.29, 1.82) is 0 Å². The number of fused-ring (bicyclic) bond motifs is 2. The molecule has 0 fully saturated rings. The highest BCUT2D eigenvalue weighted by molar-refractivity contribution is 6.01. The Hall–Kier alpha value is -6.09. The van der Waals surface area contributed by atoms with Crippen LogP contribution in [0.4, 0.5) is 0 Å². The van der Waals surface area contributed by atoms with E-state index in [4.69, 9.17) is 15.3 Å². The monoisotopic (exact) mass is 727 g/mol. The molecule has 0 unspecified atom stereocenters. The zero-order valence-corrected chi connectivity index (χ0v) is 31.9. The Morgan fingerprint density at radius 1 is 0.611 bits per heavy atom. The van der Waals surface area contributed by atoms with Crippen molar-refractivity contribution < 1.29 is 29.7 Å². The maximum atomic E-state index is 10.9. The summed E-state index contributed by atoms with van der Waals surface area (Å²) in [6.45, 7) is 14.9. The van der Waals surface area contributed by atoms with E-state index < -0.39 is 17.9 Å². The lowest BCUT2D eigenvalue weighted by Gasteiger charge is -2.15. The lowest BCUT2D eigenvalue weighted by Crippen LogP contribution is -2.00. The van der Waals surface area contributed by atoms with Crippen LogP contribution in [0.3, 0.4) is 0 Å². The van der Waals surface area contributed by atoms with E-state index in [2.05, 4.69) is 86.7 Å². The van der Waals surface area contributed by atoms with Crippen LogP contribution in [0.5, 0.6) is 0 Å². The first-order valence-electron chi connectivity index (χ1n) is 18.3. The molecule has 0 saturated carbocycles. The highest BCUT2D eigenvalue weighted by Gasteiger charge is 2.21. The molecule has 3 aromatic heterocycles. The van der Waals surface area contributed by atoms with Crippen LogP contribution in [0.2, 0.25) is 0 Å². The van der Waals surface area contributed by atoms with E-state index in [0.717, 1.165) is 56.9 Å². The molecule has 7 rings (SSSR count). The van der Waals surface area contributed by atoms with Gasteiger partial charge in [-0.25, -0.2) is 14.4 Å². The van der Waals surface area contributed by atoms with Gasteiger partial charge in [-0.2, -0.15) is 0 Å². The van der Waals surface area contributed by atoms with Crippen molar-refractivity contribution in [3.8, 4) is 0 Å². The van der Waals surface area contributed by atoms with Gasteiger partial charge in [0.1, 0.15) is 0 Å². The second kappa shape index (κ2) is 16.7. The van der Waals surface area contributed by atoms with Crippen molar-refractivity contribution >= 4 is 68.3 Å². The van der Waals surface area contributed by atoms with E-state index in [1.807, 2.05) is 54.7 Å². The lowest BCUT2D eigenvalue weighted by atomic mass is 9.88. The van der Waals surface area contributed by atoms with Gasteiger partial charge in [-0.15, -0.1) is 0 Å². The third kappa shape index (κ3) is 8.58. The Bertz CT molecular complexity index is 2430. The van der Waals surface area contributed by atoms with E-state index in [1.54, 1.807) is 12.2 Å². The summed E-state index contributed by atoms with van der Waals surface area (Å²) in [6.07, 6.45) is 15.1. The Morgan fingerprint density at radius 3 is 1.74 bits per heavy atom. The number of aliphatic carboxylic acids is 3. The van der Waals surface area contributed by atoms with Gasteiger partial charge in [0, 0.05) is 87.7 Å². The first-order chi connectivity index (χ1) is 25.7. The zero-order chi connectivity index (χ0) is 39.3. The van der Waals surface area contributed by atoms with Gasteiger partial charge in [0.05, 0.1) is 0 Å². The fraction of sp³-hybridized carbons (Fsp3) is 0.267. The number of aromatic nitrogens is 3. The number of carboxylic acids is 3. The van der Waals surface area contributed by atoms with Gasteiger partial charge >= 0.3 is 17.9 Å². The van der Waals surface area contributed by atoms with E-state index in [1.165, 1.54) is 40.3 Å². The molecule has 0 saturated heterocycles. The number of rotatable bonds is 8. The van der Waals surface area contributed by atoms with Gasteiger partial charge in [0.25, 0.3) is 0 Å². The molecule has 1 aliphatic rings. The molecule has 280 valence electrons. The van der Waals surface area contributed by atoms with Crippen LogP contribution >= 0.6 is 0 Å². The first-order valence-corrected chi connectivity index (χ1v) is 18.3. The molecule has 9 nitrogen and oxygen atoms in total. The molecule has 54 heavy (non-hydrogen) atoms. The van der Waals surface area contributed by atoms with Gasteiger partial charge in [0.15, 0.2) is 0 Å². The van der Waals surface area contributed by atoms with Crippen molar-refractivity contribution in [2.45, 2.75) is 79.4 Å². The maximum Gasteiger partial charge on any atom is 0.328 e. The number of benzene rings is 3.